The van der Waals surface area contributed by atoms with E-state index in [1.165, 1.54) is 56.1 Å². The van der Waals surface area contributed by atoms with E-state index in [2.05, 4.69) is 48.5 Å². The van der Waals surface area contributed by atoms with E-state index >= 15 is 0 Å². The van der Waals surface area contributed by atoms with Gasteiger partial charge in [-0.25, -0.2) is 0 Å². The maximum absolute atomic E-state index is 5.80. The van der Waals surface area contributed by atoms with Crippen LogP contribution in [0.5, 0.6) is 0 Å². The van der Waals surface area contributed by atoms with Crippen LogP contribution in [-0.4, -0.2) is 12.6 Å². The van der Waals surface area contributed by atoms with Gasteiger partial charge in [-0.2, -0.15) is 0 Å². The van der Waals surface area contributed by atoms with E-state index in [-0.39, 0.29) is 0 Å². The standard InChI is InChI=1S/C15H17N.C8H17N/c16-12-11-15(13-7-3-1-4-8-13)14-9-5-2-6-10-14;9-8-6-4-2-1-3-5-7-8/h1-10,15H,11-12,16H2;8H,1-7,9H2. The molecule has 0 aliphatic heterocycles. The van der Waals surface area contributed by atoms with Crippen LogP contribution >= 0.6 is 0 Å². The lowest BCUT2D eigenvalue weighted by Gasteiger charge is -2.16. The molecular formula is C23H34N2. The zero-order valence-electron chi connectivity index (χ0n) is 15.4. The summed E-state index contributed by atoms with van der Waals surface area (Å²) in [5, 5.41) is 0. The molecular weight excluding hydrogens is 304 g/mol. The van der Waals surface area contributed by atoms with E-state index in [9.17, 15) is 0 Å². The van der Waals surface area contributed by atoms with Crippen molar-refractivity contribution in [3.63, 3.8) is 0 Å². The van der Waals surface area contributed by atoms with Gasteiger partial charge in [0.25, 0.3) is 0 Å². The molecule has 0 amide bonds. The second-order valence-corrected chi connectivity index (χ2v) is 7.06. The van der Waals surface area contributed by atoms with Crippen LogP contribution in [-0.2, 0) is 0 Å². The van der Waals surface area contributed by atoms with Gasteiger partial charge in [-0.05, 0) is 36.9 Å². The molecule has 136 valence electrons. The van der Waals surface area contributed by atoms with E-state index in [0.717, 1.165) is 6.42 Å². The maximum atomic E-state index is 5.80. The summed E-state index contributed by atoms with van der Waals surface area (Å²) in [5.74, 6) is 0.424. The molecule has 3 rings (SSSR count). The van der Waals surface area contributed by atoms with Crippen LogP contribution in [0.1, 0.15) is 68.4 Å². The van der Waals surface area contributed by atoms with Crippen LogP contribution in [0.15, 0.2) is 60.7 Å². The molecule has 0 spiro atoms. The lowest BCUT2D eigenvalue weighted by atomic mass is 9.89. The Morgan fingerprint density at radius 2 is 1.16 bits per heavy atom. The summed E-state index contributed by atoms with van der Waals surface area (Å²) in [6.45, 7) is 0.717. The highest BCUT2D eigenvalue weighted by Crippen LogP contribution is 2.26. The van der Waals surface area contributed by atoms with Gasteiger partial charge in [0.1, 0.15) is 0 Å². The molecule has 1 fully saturated rings. The van der Waals surface area contributed by atoms with Crippen LogP contribution in [0.25, 0.3) is 0 Å². The predicted octanol–water partition coefficient (Wildman–Crippen LogP) is 5.23. The van der Waals surface area contributed by atoms with Gasteiger partial charge >= 0.3 is 0 Å². The number of hydrogen-bond donors (Lipinski definition) is 2. The SMILES string of the molecule is NC1CCCCCCC1.NCCC(c1ccccc1)c1ccccc1. The van der Waals surface area contributed by atoms with Gasteiger partial charge in [0.05, 0.1) is 0 Å². The number of benzene rings is 2. The Kier molecular flexibility index (Phi) is 9.32. The third-order valence-corrected chi connectivity index (χ3v) is 5.01. The fourth-order valence-electron chi connectivity index (χ4n) is 3.55. The topological polar surface area (TPSA) is 52.0 Å². The van der Waals surface area contributed by atoms with Crippen molar-refractivity contribution in [1.29, 1.82) is 0 Å². The second kappa shape index (κ2) is 11.8. The normalized spacial score (nSPS) is 15.8. The molecule has 0 heterocycles. The van der Waals surface area contributed by atoms with Crippen molar-refractivity contribution in [3.8, 4) is 0 Å². The Morgan fingerprint density at radius 1 is 0.720 bits per heavy atom. The van der Waals surface area contributed by atoms with Crippen molar-refractivity contribution in [1.82, 2.24) is 0 Å². The minimum absolute atomic E-state index is 0.424. The lowest BCUT2D eigenvalue weighted by molar-refractivity contribution is 0.453. The molecule has 0 atom stereocenters. The Hall–Kier alpha value is -1.64. The third-order valence-electron chi connectivity index (χ3n) is 5.01. The molecule has 1 saturated carbocycles. The summed E-state index contributed by atoms with van der Waals surface area (Å²) in [7, 11) is 0. The molecule has 0 aromatic heterocycles. The summed E-state index contributed by atoms with van der Waals surface area (Å²) >= 11 is 0. The average molecular weight is 339 g/mol. The molecule has 0 radical (unpaired) electrons. The van der Waals surface area contributed by atoms with Gasteiger partial charge in [0.2, 0.25) is 0 Å². The van der Waals surface area contributed by atoms with Gasteiger partial charge in [-0.15, -0.1) is 0 Å². The van der Waals surface area contributed by atoms with E-state index in [0.29, 0.717) is 18.5 Å². The smallest absolute Gasteiger partial charge is 0.0101 e. The molecule has 0 unspecified atom stereocenters. The summed E-state index contributed by atoms with van der Waals surface area (Å²) in [6.07, 6.45) is 10.5. The van der Waals surface area contributed by atoms with Crippen molar-refractivity contribution in [2.45, 2.75) is 63.3 Å². The van der Waals surface area contributed by atoms with Crippen molar-refractivity contribution >= 4 is 0 Å². The van der Waals surface area contributed by atoms with Crippen LogP contribution in [0, 0.1) is 0 Å². The summed E-state index contributed by atoms with van der Waals surface area (Å²) in [5.41, 5.74) is 14.2. The first kappa shape index (κ1) is 19.7. The number of hydrogen-bond acceptors (Lipinski definition) is 2. The first-order valence-corrected chi connectivity index (χ1v) is 9.87. The van der Waals surface area contributed by atoms with E-state index in [4.69, 9.17) is 11.5 Å². The fraction of sp³-hybridized carbons (Fsp3) is 0.478. The Bertz CT molecular complexity index is 505. The molecule has 2 aromatic carbocycles. The number of rotatable bonds is 4. The summed E-state index contributed by atoms with van der Waals surface area (Å²) < 4.78 is 0. The zero-order valence-corrected chi connectivity index (χ0v) is 15.4. The first-order valence-electron chi connectivity index (χ1n) is 9.87. The summed E-state index contributed by atoms with van der Waals surface area (Å²) in [6, 6.07) is 21.7. The van der Waals surface area contributed by atoms with Crippen molar-refractivity contribution in [2.75, 3.05) is 6.54 Å². The highest BCUT2D eigenvalue weighted by atomic mass is 14.6. The quantitative estimate of drug-likeness (QED) is 0.802. The minimum atomic E-state index is 0.424. The van der Waals surface area contributed by atoms with E-state index in [1.54, 1.807) is 0 Å². The van der Waals surface area contributed by atoms with Crippen LogP contribution in [0.2, 0.25) is 0 Å². The molecule has 2 aromatic rings. The monoisotopic (exact) mass is 338 g/mol. The number of nitrogens with two attached hydrogens (primary N) is 2. The van der Waals surface area contributed by atoms with Crippen LogP contribution < -0.4 is 11.5 Å². The molecule has 0 bridgehead atoms. The molecule has 4 N–H and O–H groups in total. The molecule has 1 aliphatic carbocycles. The fourth-order valence-corrected chi connectivity index (χ4v) is 3.55. The van der Waals surface area contributed by atoms with E-state index < -0.39 is 0 Å². The maximum Gasteiger partial charge on any atom is 0.0101 e. The summed E-state index contributed by atoms with van der Waals surface area (Å²) in [4.78, 5) is 0. The van der Waals surface area contributed by atoms with Gasteiger partial charge < -0.3 is 11.5 Å². The molecule has 2 nitrogen and oxygen atoms in total. The lowest BCUT2D eigenvalue weighted by Crippen LogP contribution is -2.20. The zero-order chi connectivity index (χ0) is 17.7. The van der Waals surface area contributed by atoms with Gasteiger partial charge in [0.15, 0.2) is 0 Å². The third kappa shape index (κ3) is 7.41. The molecule has 25 heavy (non-hydrogen) atoms. The van der Waals surface area contributed by atoms with Crippen LogP contribution in [0.4, 0.5) is 0 Å². The molecule has 1 aliphatic rings. The Balaban J connectivity index is 0.000000212. The largest absolute Gasteiger partial charge is 0.330 e. The Labute approximate surface area is 153 Å². The van der Waals surface area contributed by atoms with Gasteiger partial charge in [-0.3, -0.25) is 0 Å². The van der Waals surface area contributed by atoms with Gasteiger partial charge in [0, 0.05) is 12.0 Å². The second-order valence-electron chi connectivity index (χ2n) is 7.06. The Morgan fingerprint density at radius 3 is 1.60 bits per heavy atom. The van der Waals surface area contributed by atoms with Crippen molar-refractivity contribution < 1.29 is 0 Å². The van der Waals surface area contributed by atoms with E-state index in [1.807, 2.05) is 12.1 Å². The van der Waals surface area contributed by atoms with Crippen molar-refractivity contribution in [3.05, 3.63) is 71.8 Å². The highest BCUT2D eigenvalue weighted by Gasteiger charge is 2.12. The molecule has 0 saturated heterocycles. The average Bonchev–Trinajstić information content (AvgIpc) is 2.65. The van der Waals surface area contributed by atoms with Gasteiger partial charge in [-0.1, -0.05) is 92.8 Å². The van der Waals surface area contributed by atoms with Crippen molar-refractivity contribution in [2.24, 2.45) is 11.5 Å². The highest BCUT2D eigenvalue weighted by molar-refractivity contribution is 5.32. The molecule has 2 heteroatoms. The minimum Gasteiger partial charge on any atom is -0.330 e. The van der Waals surface area contributed by atoms with Crippen LogP contribution in [0.3, 0.4) is 0 Å². The first-order chi connectivity index (χ1) is 12.3. The predicted molar refractivity (Wildman–Crippen MR) is 109 cm³/mol.